The number of nitrogens with zero attached hydrogens (tertiary/aromatic N) is 1. The number of nitrogens with one attached hydrogen (secondary N) is 1. The summed E-state index contributed by atoms with van der Waals surface area (Å²) in [5.74, 6) is 1.55. The molecule has 0 radical (unpaired) electrons. The highest BCUT2D eigenvalue weighted by atomic mass is 16.3. The van der Waals surface area contributed by atoms with E-state index in [9.17, 15) is 9.90 Å². The van der Waals surface area contributed by atoms with E-state index in [2.05, 4.69) is 29.6 Å². The largest absolute Gasteiger partial charge is 0.393 e. The van der Waals surface area contributed by atoms with Crippen LogP contribution >= 0.6 is 0 Å². The third kappa shape index (κ3) is 2.97. The standard InChI is InChI=1S/C19H26N2O2/c22-18-9-8-16-11-21(12-17(16)18)19(23)20-10-13-4-6-15(7-5-13)14-2-1-3-14/h4-7,14,16-18,22H,1-3,8-12H2,(H,20,23). The van der Waals surface area contributed by atoms with Gasteiger partial charge in [-0.3, -0.25) is 0 Å². The zero-order valence-electron chi connectivity index (χ0n) is 13.6. The van der Waals surface area contributed by atoms with Crippen LogP contribution in [0.1, 0.15) is 49.1 Å². The maximum atomic E-state index is 12.3. The third-order valence-electron chi connectivity index (χ3n) is 6.11. The first-order valence-corrected chi connectivity index (χ1v) is 9.00. The summed E-state index contributed by atoms with van der Waals surface area (Å²) in [7, 11) is 0. The second kappa shape index (κ2) is 6.16. The van der Waals surface area contributed by atoms with Gasteiger partial charge in [0, 0.05) is 25.6 Å². The highest BCUT2D eigenvalue weighted by molar-refractivity contribution is 5.74. The van der Waals surface area contributed by atoms with Crippen LogP contribution in [0.25, 0.3) is 0 Å². The van der Waals surface area contributed by atoms with Gasteiger partial charge in [-0.05, 0) is 48.6 Å². The molecule has 2 N–H and O–H groups in total. The van der Waals surface area contributed by atoms with Crippen molar-refractivity contribution >= 4 is 6.03 Å². The normalized spacial score (nSPS) is 30.1. The zero-order chi connectivity index (χ0) is 15.8. The van der Waals surface area contributed by atoms with Gasteiger partial charge in [0.05, 0.1) is 6.10 Å². The van der Waals surface area contributed by atoms with Crippen LogP contribution in [0.4, 0.5) is 4.79 Å². The molecule has 1 aromatic rings. The fraction of sp³-hybridized carbons (Fsp3) is 0.632. The number of carbonyl (C=O) groups is 1. The van der Waals surface area contributed by atoms with Crippen LogP contribution in [-0.4, -0.2) is 35.2 Å². The Kier molecular flexibility index (Phi) is 4.02. The minimum Gasteiger partial charge on any atom is -0.393 e. The Morgan fingerprint density at radius 1 is 1.13 bits per heavy atom. The maximum absolute atomic E-state index is 12.3. The molecule has 0 aromatic heterocycles. The number of likely N-dealkylation sites (tertiary alicyclic amines) is 1. The van der Waals surface area contributed by atoms with Crippen molar-refractivity contribution in [1.82, 2.24) is 10.2 Å². The molecule has 1 aliphatic heterocycles. The van der Waals surface area contributed by atoms with Crippen LogP contribution in [0.3, 0.4) is 0 Å². The second-order valence-corrected chi connectivity index (χ2v) is 7.50. The number of amides is 2. The molecule has 124 valence electrons. The number of hydrogen-bond acceptors (Lipinski definition) is 2. The molecule has 1 heterocycles. The van der Waals surface area contributed by atoms with E-state index in [0.29, 0.717) is 24.9 Å². The predicted molar refractivity (Wildman–Crippen MR) is 89.1 cm³/mol. The molecule has 0 spiro atoms. The van der Waals surface area contributed by atoms with Gasteiger partial charge < -0.3 is 15.3 Å². The number of fused-ring (bicyclic) bond motifs is 1. The fourth-order valence-corrected chi connectivity index (χ4v) is 4.34. The number of aliphatic hydroxyl groups excluding tert-OH is 1. The average molecular weight is 314 g/mol. The lowest BCUT2D eigenvalue weighted by Crippen LogP contribution is -2.39. The molecule has 4 rings (SSSR count). The zero-order valence-corrected chi connectivity index (χ0v) is 13.6. The summed E-state index contributed by atoms with van der Waals surface area (Å²) in [6.45, 7) is 2.09. The predicted octanol–water partition coefficient (Wildman–Crippen LogP) is 2.87. The van der Waals surface area contributed by atoms with Gasteiger partial charge in [0.2, 0.25) is 0 Å². The Morgan fingerprint density at radius 3 is 2.57 bits per heavy atom. The third-order valence-corrected chi connectivity index (χ3v) is 6.11. The summed E-state index contributed by atoms with van der Waals surface area (Å²) in [5.41, 5.74) is 2.59. The molecule has 3 unspecified atom stereocenters. The van der Waals surface area contributed by atoms with Crippen molar-refractivity contribution < 1.29 is 9.90 Å². The summed E-state index contributed by atoms with van der Waals surface area (Å²) < 4.78 is 0. The molecular formula is C19H26N2O2. The first kappa shape index (κ1) is 15.0. The Balaban J connectivity index is 1.28. The van der Waals surface area contributed by atoms with Gasteiger partial charge >= 0.3 is 6.03 Å². The van der Waals surface area contributed by atoms with Crippen molar-refractivity contribution in [3.8, 4) is 0 Å². The van der Waals surface area contributed by atoms with Gasteiger partial charge in [0.1, 0.15) is 0 Å². The topological polar surface area (TPSA) is 52.6 Å². The minimum atomic E-state index is -0.211. The Bertz CT molecular complexity index is 567. The van der Waals surface area contributed by atoms with Crippen LogP contribution in [0.2, 0.25) is 0 Å². The molecule has 1 saturated heterocycles. The Labute approximate surface area is 137 Å². The minimum absolute atomic E-state index is 0.00895. The molecule has 2 aliphatic carbocycles. The van der Waals surface area contributed by atoms with Gasteiger partial charge in [-0.2, -0.15) is 0 Å². The van der Waals surface area contributed by atoms with Gasteiger partial charge in [0.15, 0.2) is 0 Å². The van der Waals surface area contributed by atoms with Crippen LogP contribution in [-0.2, 0) is 6.54 Å². The number of hydrogen-bond donors (Lipinski definition) is 2. The van der Waals surface area contributed by atoms with Crippen LogP contribution in [0, 0.1) is 11.8 Å². The first-order valence-electron chi connectivity index (χ1n) is 9.00. The molecule has 4 heteroatoms. The molecule has 2 saturated carbocycles. The monoisotopic (exact) mass is 314 g/mol. The van der Waals surface area contributed by atoms with E-state index < -0.39 is 0 Å². The van der Waals surface area contributed by atoms with Crippen LogP contribution < -0.4 is 5.32 Å². The second-order valence-electron chi connectivity index (χ2n) is 7.50. The fourth-order valence-electron chi connectivity index (χ4n) is 4.34. The molecule has 0 bridgehead atoms. The van der Waals surface area contributed by atoms with E-state index in [1.807, 2.05) is 4.90 Å². The smallest absolute Gasteiger partial charge is 0.317 e. The Hall–Kier alpha value is -1.55. The molecule has 3 fully saturated rings. The lowest BCUT2D eigenvalue weighted by Gasteiger charge is -2.25. The maximum Gasteiger partial charge on any atom is 0.317 e. The molecule has 3 aliphatic rings. The van der Waals surface area contributed by atoms with Gasteiger partial charge in [0.25, 0.3) is 0 Å². The van der Waals surface area contributed by atoms with E-state index in [-0.39, 0.29) is 12.1 Å². The summed E-state index contributed by atoms with van der Waals surface area (Å²) in [4.78, 5) is 14.2. The summed E-state index contributed by atoms with van der Waals surface area (Å²) in [5, 5.41) is 13.0. The molecule has 3 atom stereocenters. The summed E-state index contributed by atoms with van der Waals surface area (Å²) in [6, 6.07) is 8.70. The van der Waals surface area contributed by atoms with E-state index in [1.54, 1.807) is 0 Å². The average Bonchev–Trinajstić information content (AvgIpc) is 3.07. The molecular weight excluding hydrogens is 288 g/mol. The van der Waals surface area contributed by atoms with E-state index in [0.717, 1.165) is 30.9 Å². The van der Waals surface area contributed by atoms with Crippen molar-refractivity contribution in [2.24, 2.45) is 11.8 Å². The molecule has 23 heavy (non-hydrogen) atoms. The van der Waals surface area contributed by atoms with Crippen molar-refractivity contribution in [3.05, 3.63) is 35.4 Å². The first-order chi connectivity index (χ1) is 11.2. The highest BCUT2D eigenvalue weighted by Crippen LogP contribution is 2.38. The van der Waals surface area contributed by atoms with Gasteiger partial charge in [-0.1, -0.05) is 30.7 Å². The van der Waals surface area contributed by atoms with E-state index >= 15 is 0 Å². The number of urea groups is 1. The van der Waals surface area contributed by atoms with Crippen molar-refractivity contribution in [3.63, 3.8) is 0 Å². The van der Waals surface area contributed by atoms with Crippen LogP contribution in [0.5, 0.6) is 0 Å². The molecule has 1 aromatic carbocycles. The van der Waals surface area contributed by atoms with Gasteiger partial charge in [-0.15, -0.1) is 0 Å². The number of benzene rings is 1. The highest BCUT2D eigenvalue weighted by Gasteiger charge is 2.43. The lowest BCUT2D eigenvalue weighted by atomic mass is 9.80. The van der Waals surface area contributed by atoms with E-state index in [4.69, 9.17) is 0 Å². The van der Waals surface area contributed by atoms with Crippen molar-refractivity contribution in [2.45, 2.75) is 50.7 Å². The van der Waals surface area contributed by atoms with Crippen LogP contribution in [0.15, 0.2) is 24.3 Å². The SMILES string of the molecule is O=C(NCc1ccc(C2CCC2)cc1)N1CC2CCC(O)C2C1. The summed E-state index contributed by atoms with van der Waals surface area (Å²) >= 11 is 0. The number of rotatable bonds is 3. The molecule has 4 nitrogen and oxygen atoms in total. The lowest BCUT2D eigenvalue weighted by molar-refractivity contribution is 0.126. The molecule has 2 amide bonds. The van der Waals surface area contributed by atoms with Gasteiger partial charge in [-0.25, -0.2) is 4.79 Å². The summed E-state index contributed by atoms with van der Waals surface area (Å²) in [6.07, 6.45) is 5.74. The quantitative estimate of drug-likeness (QED) is 0.901. The number of carbonyl (C=O) groups excluding carboxylic acids is 1. The Morgan fingerprint density at radius 2 is 1.91 bits per heavy atom. The van der Waals surface area contributed by atoms with Crippen molar-refractivity contribution in [2.75, 3.05) is 13.1 Å². The van der Waals surface area contributed by atoms with E-state index in [1.165, 1.54) is 24.8 Å². The number of aliphatic hydroxyl groups is 1. The van der Waals surface area contributed by atoms with Crippen molar-refractivity contribution in [1.29, 1.82) is 0 Å².